The zero-order chi connectivity index (χ0) is 14.8. The Morgan fingerprint density at radius 2 is 2.20 bits per heavy atom. The van der Waals surface area contributed by atoms with E-state index in [2.05, 4.69) is 15.1 Å². The number of hydrogen-bond donors (Lipinski definition) is 2. The molecule has 20 heavy (non-hydrogen) atoms. The molecule has 2 rings (SSSR count). The van der Waals surface area contributed by atoms with Gasteiger partial charge in [-0.3, -0.25) is 4.68 Å². The molecule has 1 unspecified atom stereocenters. The van der Waals surface area contributed by atoms with Crippen molar-refractivity contribution < 1.29 is 13.2 Å². The molecule has 0 aromatic carbocycles. The molecular weight excluding hydrogens is 280 g/mol. The molecule has 1 saturated heterocycles. The lowest BCUT2D eigenvalue weighted by atomic mass is 10.3. The van der Waals surface area contributed by atoms with Crippen LogP contribution in [0.15, 0.2) is 4.90 Å². The van der Waals surface area contributed by atoms with E-state index < -0.39 is 10.0 Å². The van der Waals surface area contributed by atoms with E-state index >= 15 is 0 Å². The average molecular weight is 302 g/mol. The van der Waals surface area contributed by atoms with Gasteiger partial charge in [0, 0.05) is 19.2 Å². The summed E-state index contributed by atoms with van der Waals surface area (Å²) in [6.45, 7) is 5.94. The van der Waals surface area contributed by atoms with E-state index in [1.54, 1.807) is 18.5 Å². The molecule has 1 fully saturated rings. The van der Waals surface area contributed by atoms with Crippen LogP contribution in [0.5, 0.6) is 0 Å². The molecule has 1 aliphatic rings. The first kappa shape index (κ1) is 15.4. The second kappa shape index (κ2) is 6.21. The van der Waals surface area contributed by atoms with E-state index in [0.29, 0.717) is 42.5 Å². The fourth-order valence-electron chi connectivity index (χ4n) is 2.41. The molecular formula is C12H22N4O3S. The molecule has 0 radical (unpaired) electrons. The third-order valence-corrected chi connectivity index (χ3v) is 5.18. The number of hydrogen-bond acceptors (Lipinski definition) is 5. The lowest BCUT2D eigenvalue weighted by molar-refractivity contribution is 0.192. The molecule has 114 valence electrons. The maximum atomic E-state index is 12.5. The fourth-order valence-corrected chi connectivity index (χ4v) is 4.08. The Labute approximate surface area is 119 Å². The van der Waals surface area contributed by atoms with Crippen LogP contribution in [-0.2, 0) is 21.3 Å². The molecule has 0 bridgehead atoms. The Balaban J connectivity index is 2.24. The average Bonchev–Trinajstić information content (AvgIpc) is 2.94. The second-order valence-corrected chi connectivity index (χ2v) is 6.66. The smallest absolute Gasteiger partial charge is 0.244 e. The Kier molecular flexibility index (Phi) is 4.79. The van der Waals surface area contributed by atoms with Crippen molar-refractivity contribution >= 4 is 10.0 Å². The molecule has 0 amide bonds. The van der Waals surface area contributed by atoms with E-state index in [4.69, 9.17) is 4.74 Å². The van der Waals surface area contributed by atoms with Crippen LogP contribution in [0.25, 0.3) is 0 Å². The van der Waals surface area contributed by atoms with E-state index in [-0.39, 0.29) is 6.04 Å². The first-order valence-electron chi connectivity index (χ1n) is 6.74. The van der Waals surface area contributed by atoms with E-state index in [9.17, 15) is 8.42 Å². The van der Waals surface area contributed by atoms with Crippen LogP contribution in [0.1, 0.15) is 17.8 Å². The van der Waals surface area contributed by atoms with Crippen molar-refractivity contribution in [1.29, 1.82) is 0 Å². The Bertz CT molecular complexity index is 562. The lowest BCUT2D eigenvalue weighted by Gasteiger charge is -2.12. The third-order valence-electron chi connectivity index (χ3n) is 3.41. The zero-order valence-corrected chi connectivity index (χ0v) is 13.0. The summed E-state index contributed by atoms with van der Waals surface area (Å²) < 4.78 is 34.6. The van der Waals surface area contributed by atoms with E-state index in [1.807, 2.05) is 7.05 Å². The predicted molar refractivity (Wildman–Crippen MR) is 75.2 cm³/mol. The number of sulfonamides is 1. The molecule has 2 heterocycles. The van der Waals surface area contributed by atoms with Crippen LogP contribution in [0, 0.1) is 13.8 Å². The van der Waals surface area contributed by atoms with Crippen LogP contribution in [0.4, 0.5) is 0 Å². The first-order valence-corrected chi connectivity index (χ1v) is 8.22. The molecule has 1 aromatic heterocycles. The second-order valence-electron chi connectivity index (χ2n) is 5.01. The van der Waals surface area contributed by atoms with Crippen molar-refractivity contribution in [3.8, 4) is 0 Å². The van der Waals surface area contributed by atoms with Crippen LogP contribution in [0.2, 0.25) is 0 Å². The van der Waals surface area contributed by atoms with Crippen LogP contribution >= 0.6 is 0 Å². The number of nitrogens with one attached hydrogen (secondary N) is 2. The molecule has 0 saturated carbocycles. The van der Waals surface area contributed by atoms with Gasteiger partial charge in [-0.1, -0.05) is 0 Å². The number of nitrogens with zero attached hydrogens (tertiary/aromatic N) is 2. The number of likely N-dealkylation sites (N-methyl/N-ethyl adjacent to an activating group) is 1. The molecule has 1 aliphatic heterocycles. The Hall–Kier alpha value is -0.960. The summed E-state index contributed by atoms with van der Waals surface area (Å²) >= 11 is 0. The number of rotatable bonds is 6. The number of aromatic nitrogens is 2. The molecule has 2 N–H and O–H groups in total. The summed E-state index contributed by atoms with van der Waals surface area (Å²) in [6, 6.07) is -0.139. The van der Waals surface area contributed by atoms with Crippen LogP contribution in [0.3, 0.4) is 0 Å². The Morgan fingerprint density at radius 3 is 2.80 bits per heavy atom. The summed E-state index contributed by atoms with van der Waals surface area (Å²) in [5.74, 6) is 0. The fraction of sp³-hybridized carbons (Fsp3) is 0.750. The predicted octanol–water partition coefficient (Wildman–Crippen LogP) is -0.213. The van der Waals surface area contributed by atoms with Crippen molar-refractivity contribution in [3.05, 3.63) is 11.4 Å². The summed E-state index contributed by atoms with van der Waals surface area (Å²) in [5, 5.41) is 7.34. The molecule has 7 nitrogen and oxygen atoms in total. The van der Waals surface area contributed by atoms with Crippen molar-refractivity contribution in [2.75, 3.05) is 26.8 Å². The lowest BCUT2D eigenvalue weighted by Crippen LogP contribution is -2.35. The monoisotopic (exact) mass is 302 g/mol. The highest BCUT2D eigenvalue weighted by Gasteiger charge is 2.28. The van der Waals surface area contributed by atoms with Gasteiger partial charge < -0.3 is 10.1 Å². The van der Waals surface area contributed by atoms with Gasteiger partial charge in [0.2, 0.25) is 10.0 Å². The minimum atomic E-state index is -3.54. The highest BCUT2D eigenvalue weighted by molar-refractivity contribution is 7.89. The van der Waals surface area contributed by atoms with Crippen LogP contribution < -0.4 is 10.0 Å². The van der Waals surface area contributed by atoms with Crippen molar-refractivity contribution in [3.63, 3.8) is 0 Å². The van der Waals surface area contributed by atoms with E-state index in [1.165, 1.54) is 0 Å². The molecule has 8 heteroatoms. The van der Waals surface area contributed by atoms with Gasteiger partial charge in [-0.15, -0.1) is 0 Å². The van der Waals surface area contributed by atoms with Gasteiger partial charge in [0.05, 0.1) is 24.5 Å². The third kappa shape index (κ3) is 3.20. The summed E-state index contributed by atoms with van der Waals surface area (Å²) in [4.78, 5) is 0.292. The van der Waals surface area contributed by atoms with Gasteiger partial charge in [-0.05, 0) is 27.3 Å². The summed E-state index contributed by atoms with van der Waals surface area (Å²) in [7, 11) is -1.69. The maximum Gasteiger partial charge on any atom is 0.244 e. The Morgan fingerprint density at radius 1 is 1.45 bits per heavy atom. The largest absolute Gasteiger partial charge is 0.380 e. The SMILES string of the molecule is CNCCn1nc(C)c(S(=O)(=O)NC2CCOC2)c1C. The molecule has 1 aromatic rings. The highest BCUT2D eigenvalue weighted by Crippen LogP contribution is 2.20. The minimum Gasteiger partial charge on any atom is -0.380 e. The van der Waals surface area contributed by atoms with Gasteiger partial charge >= 0.3 is 0 Å². The van der Waals surface area contributed by atoms with Crippen molar-refractivity contribution in [2.45, 2.75) is 37.8 Å². The minimum absolute atomic E-state index is 0.139. The summed E-state index contributed by atoms with van der Waals surface area (Å²) in [6.07, 6.45) is 0.714. The van der Waals surface area contributed by atoms with Crippen LogP contribution in [-0.4, -0.2) is 51.0 Å². The van der Waals surface area contributed by atoms with Gasteiger partial charge in [0.25, 0.3) is 0 Å². The molecule has 0 aliphatic carbocycles. The standard InChI is InChI=1S/C12H22N4O3S/c1-9-12(10(2)16(14-9)6-5-13-3)20(17,18)15-11-4-7-19-8-11/h11,13,15H,4-8H2,1-3H3. The number of aryl methyl sites for hydroxylation is 1. The van der Waals surface area contributed by atoms with Gasteiger partial charge in [-0.25, -0.2) is 13.1 Å². The first-order chi connectivity index (χ1) is 9.45. The maximum absolute atomic E-state index is 12.5. The highest BCUT2D eigenvalue weighted by atomic mass is 32.2. The molecule has 0 spiro atoms. The topological polar surface area (TPSA) is 85.2 Å². The van der Waals surface area contributed by atoms with Gasteiger partial charge in [0.15, 0.2) is 0 Å². The summed E-state index contributed by atoms with van der Waals surface area (Å²) in [5.41, 5.74) is 1.20. The number of ether oxygens (including phenoxy) is 1. The normalized spacial score (nSPS) is 19.6. The quantitative estimate of drug-likeness (QED) is 0.759. The van der Waals surface area contributed by atoms with Gasteiger partial charge in [0.1, 0.15) is 4.90 Å². The zero-order valence-electron chi connectivity index (χ0n) is 12.1. The van der Waals surface area contributed by atoms with Crippen molar-refractivity contribution in [2.24, 2.45) is 0 Å². The molecule has 1 atom stereocenters. The van der Waals surface area contributed by atoms with Gasteiger partial charge in [-0.2, -0.15) is 5.10 Å². The van der Waals surface area contributed by atoms with Crippen molar-refractivity contribution in [1.82, 2.24) is 19.8 Å². The van der Waals surface area contributed by atoms with E-state index in [0.717, 1.165) is 6.54 Å².